The maximum absolute atomic E-state index is 10.9. The molecule has 1 aliphatic rings. The fourth-order valence-electron chi connectivity index (χ4n) is 2.95. The normalized spacial score (nSPS) is 19.4. The number of nitrogens with one attached hydrogen (secondary N) is 1. The van der Waals surface area contributed by atoms with E-state index < -0.39 is 0 Å². The highest BCUT2D eigenvalue weighted by Gasteiger charge is 2.22. The summed E-state index contributed by atoms with van der Waals surface area (Å²) in [6.07, 6.45) is 7.11. The van der Waals surface area contributed by atoms with Crippen molar-refractivity contribution in [3.63, 3.8) is 0 Å². The smallest absolute Gasteiger partial charge is 0.217 e. The molecule has 1 atom stereocenters. The van der Waals surface area contributed by atoms with Crippen molar-refractivity contribution < 1.29 is 4.79 Å². The van der Waals surface area contributed by atoms with Crippen LogP contribution in [0.3, 0.4) is 0 Å². The molecule has 106 valence electrons. The molecule has 3 rings (SSSR count). The van der Waals surface area contributed by atoms with Crippen LogP contribution in [0.15, 0.2) is 18.6 Å². The number of H-pyrrole nitrogens is 1. The molecule has 1 amide bonds. The number of primary amides is 1. The lowest BCUT2D eigenvalue weighted by atomic mass is 9.93. The molecule has 3 N–H and O–H groups in total. The first kappa shape index (κ1) is 12.9. The number of rotatable bonds is 4. The van der Waals surface area contributed by atoms with E-state index in [2.05, 4.69) is 19.9 Å². The minimum absolute atomic E-state index is 0.211. The highest BCUT2D eigenvalue weighted by atomic mass is 16.1. The summed E-state index contributed by atoms with van der Waals surface area (Å²) >= 11 is 0. The Morgan fingerprint density at radius 2 is 2.40 bits per heavy atom. The third kappa shape index (κ3) is 2.59. The molecule has 3 heterocycles. The molecule has 2 aromatic rings. The monoisotopic (exact) mass is 273 g/mol. The summed E-state index contributed by atoms with van der Waals surface area (Å²) in [5.41, 5.74) is 6.11. The number of aromatic amines is 1. The first-order valence-corrected chi connectivity index (χ1v) is 7.05. The standard InChI is InChI=1S/C14H19N5O/c15-12(20)4-3-10-2-1-7-19(8-10)14-11-5-6-16-13(11)17-9-18-14/h5-6,9-10H,1-4,7-8H2,(H2,15,20)(H,16,17,18). The largest absolute Gasteiger partial charge is 0.370 e. The van der Waals surface area contributed by atoms with Gasteiger partial charge in [-0.25, -0.2) is 9.97 Å². The van der Waals surface area contributed by atoms with E-state index in [0.29, 0.717) is 12.3 Å². The van der Waals surface area contributed by atoms with Crippen molar-refractivity contribution in [3.05, 3.63) is 18.6 Å². The van der Waals surface area contributed by atoms with Crippen molar-refractivity contribution in [1.82, 2.24) is 15.0 Å². The minimum Gasteiger partial charge on any atom is -0.370 e. The van der Waals surface area contributed by atoms with Crippen LogP contribution in [-0.4, -0.2) is 33.9 Å². The number of fused-ring (bicyclic) bond motifs is 1. The van der Waals surface area contributed by atoms with Gasteiger partial charge in [0.05, 0.1) is 5.39 Å². The zero-order valence-electron chi connectivity index (χ0n) is 11.4. The maximum Gasteiger partial charge on any atom is 0.217 e. The van der Waals surface area contributed by atoms with E-state index in [1.807, 2.05) is 12.3 Å². The summed E-state index contributed by atoms with van der Waals surface area (Å²) in [5.74, 6) is 1.29. The molecule has 2 aromatic heterocycles. The molecule has 0 spiro atoms. The van der Waals surface area contributed by atoms with Gasteiger partial charge in [0.25, 0.3) is 0 Å². The van der Waals surface area contributed by atoms with Crippen LogP contribution in [0, 0.1) is 5.92 Å². The number of anilines is 1. The van der Waals surface area contributed by atoms with Gasteiger partial charge in [0.1, 0.15) is 17.8 Å². The highest BCUT2D eigenvalue weighted by Crippen LogP contribution is 2.28. The average Bonchev–Trinajstić information content (AvgIpc) is 2.93. The summed E-state index contributed by atoms with van der Waals surface area (Å²) in [6, 6.07) is 2.01. The fourth-order valence-corrected chi connectivity index (χ4v) is 2.95. The minimum atomic E-state index is -0.211. The average molecular weight is 273 g/mol. The zero-order chi connectivity index (χ0) is 13.9. The van der Waals surface area contributed by atoms with Gasteiger partial charge in [-0.1, -0.05) is 0 Å². The van der Waals surface area contributed by atoms with E-state index in [1.165, 1.54) is 0 Å². The molecule has 1 saturated heterocycles. The van der Waals surface area contributed by atoms with Crippen molar-refractivity contribution in [1.29, 1.82) is 0 Å². The number of piperidine rings is 1. The fraction of sp³-hybridized carbons (Fsp3) is 0.500. The molecule has 6 nitrogen and oxygen atoms in total. The second-order valence-corrected chi connectivity index (χ2v) is 5.40. The summed E-state index contributed by atoms with van der Waals surface area (Å²) in [7, 11) is 0. The van der Waals surface area contributed by atoms with Crippen LogP contribution in [0.2, 0.25) is 0 Å². The number of carbonyl (C=O) groups excluding carboxylic acids is 1. The summed E-state index contributed by atoms with van der Waals surface area (Å²) in [6.45, 7) is 1.94. The lowest BCUT2D eigenvalue weighted by molar-refractivity contribution is -0.118. The van der Waals surface area contributed by atoms with Gasteiger partial charge in [-0.3, -0.25) is 4.79 Å². The molecule has 20 heavy (non-hydrogen) atoms. The van der Waals surface area contributed by atoms with E-state index in [4.69, 9.17) is 5.73 Å². The Hall–Kier alpha value is -2.11. The van der Waals surface area contributed by atoms with Gasteiger partial charge in [-0.05, 0) is 31.2 Å². The van der Waals surface area contributed by atoms with Crippen molar-refractivity contribution >= 4 is 22.8 Å². The molecule has 1 fully saturated rings. The maximum atomic E-state index is 10.9. The van der Waals surface area contributed by atoms with Crippen LogP contribution >= 0.6 is 0 Å². The molecule has 0 saturated carbocycles. The Kier molecular flexibility index (Phi) is 3.54. The lowest BCUT2D eigenvalue weighted by Gasteiger charge is -2.33. The predicted molar refractivity (Wildman–Crippen MR) is 77.3 cm³/mol. The molecule has 0 aromatic carbocycles. The molecule has 6 heteroatoms. The van der Waals surface area contributed by atoms with Crippen LogP contribution in [-0.2, 0) is 4.79 Å². The first-order chi connectivity index (χ1) is 9.74. The van der Waals surface area contributed by atoms with E-state index in [1.54, 1.807) is 6.33 Å². The van der Waals surface area contributed by atoms with Crippen molar-refractivity contribution in [2.24, 2.45) is 11.7 Å². The van der Waals surface area contributed by atoms with Crippen LogP contribution in [0.4, 0.5) is 5.82 Å². The third-order valence-corrected chi connectivity index (χ3v) is 3.95. The third-order valence-electron chi connectivity index (χ3n) is 3.95. The second-order valence-electron chi connectivity index (χ2n) is 5.40. The SMILES string of the molecule is NC(=O)CCC1CCCN(c2ncnc3[nH]ccc23)C1. The summed E-state index contributed by atoms with van der Waals surface area (Å²) < 4.78 is 0. The zero-order valence-corrected chi connectivity index (χ0v) is 11.4. The van der Waals surface area contributed by atoms with Crippen molar-refractivity contribution in [2.75, 3.05) is 18.0 Å². The molecule has 0 aliphatic carbocycles. The van der Waals surface area contributed by atoms with Gasteiger partial charge in [0.2, 0.25) is 5.91 Å². The second kappa shape index (κ2) is 5.48. The van der Waals surface area contributed by atoms with Gasteiger partial charge >= 0.3 is 0 Å². The number of aromatic nitrogens is 3. The Morgan fingerprint density at radius 3 is 3.25 bits per heavy atom. The number of nitrogens with zero attached hydrogens (tertiary/aromatic N) is 3. The predicted octanol–water partition coefficient (Wildman–Crippen LogP) is 1.44. The Labute approximate surface area is 117 Å². The number of nitrogens with two attached hydrogens (primary N) is 1. The van der Waals surface area contributed by atoms with Crippen molar-refractivity contribution in [3.8, 4) is 0 Å². The first-order valence-electron chi connectivity index (χ1n) is 7.05. The van der Waals surface area contributed by atoms with Crippen LogP contribution in [0.25, 0.3) is 11.0 Å². The van der Waals surface area contributed by atoms with Crippen LogP contribution in [0.1, 0.15) is 25.7 Å². The number of hydrogen-bond acceptors (Lipinski definition) is 4. The molecular formula is C14H19N5O. The van der Waals surface area contributed by atoms with E-state index in [0.717, 1.165) is 49.2 Å². The molecule has 0 bridgehead atoms. The van der Waals surface area contributed by atoms with Gasteiger partial charge in [-0.2, -0.15) is 0 Å². The molecule has 1 unspecified atom stereocenters. The molecule has 1 aliphatic heterocycles. The molecular weight excluding hydrogens is 254 g/mol. The van der Waals surface area contributed by atoms with Crippen LogP contribution < -0.4 is 10.6 Å². The quantitative estimate of drug-likeness (QED) is 0.882. The lowest BCUT2D eigenvalue weighted by Crippen LogP contribution is -2.36. The summed E-state index contributed by atoms with van der Waals surface area (Å²) in [5, 5.41) is 1.06. The van der Waals surface area contributed by atoms with Crippen LogP contribution in [0.5, 0.6) is 0 Å². The molecule has 0 radical (unpaired) electrons. The number of carbonyl (C=O) groups is 1. The van der Waals surface area contributed by atoms with E-state index >= 15 is 0 Å². The van der Waals surface area contributed by atoms with Crippen molar-refractivity contribution in [2.45, 2.75) is 25.7 Å². The Balaban J connectivity index is 1.76. The Morgan fingerprint density at radius 1 is 1.50 bits per heavy atom. The Bertz CT molecular complexity index is 608. The van der Waals surface area contributed by atoms with Gasteiger partial charge < -0.3 is 15.6 Å². The van der Waals surface area contributed by atoms with E-state index in [9.17, 15) is 4.79 Å². The number of hydrogen-bond donors (Lipinski definition) is 2. The van der Waals surface area contributed by atoms with Gasteiger partial charge in [-0.15, -0.1) is 0 Å². The number of amides is 1. The van der Waals surface area contributed by atoms with E-state index in [-0.39, 0.29) is 5.91 Å². The summed E-state index contributed by atoms with van der Waals surface area (Å²) in [4.78, 5) is 25.0. The van der Waals surface area contributed by atoms with Gasteiger partial charge in [0, 0.05) is 25.7 Å². The topological polar surface area (TPSA) is 87.9 Å². The van der Waals surface area contributed by atoms with Gasteiger partial charge in [0.15, 0.2) is 0 Å². The highest BCUT2D eigenvalue weighted by molar-refractivity contribution is 5.87.